The average molecular weight is 361 g/mol. The molecule has 2 aromatic rings. The Balaban J connectivity index is 2.43. The monoisotopic (exact) mass is 359 g/mol. The Labute approximate surface area is 126 Å². The molecule has 0 saturated heterocycles. The standard InChI is InChI=1S/C10H7BrClN5O3/c11-5-1-2-8(6(12)3-5)20-9-7(17(18)19)4-14-10(15-9)16-13/h1-4H,13H2,(H,14,15,16). The van der Waals surface area contributed by atoms with Gasteiger partial charge in [0.15, 0.2) is 0 Å². The number of nitrogens with two attached hydrogens (primary N) is 1. The number of halogens is 2. The fourth-order valence-corrected chi connectivity index (χ4v) is 2.00. The SMILES string of the molecule is NNc1ncc([N+](=O)[O-])c(Oc2ccc(Br)cc2Cl)n1. The molecule has 1 aromatic carbocycles. The predicted molar refractivity (Wildman–Crippen MR) is 75.7 cm³/mol. The topological polar surface area (TPSA) is 116 Å². The van der Waals surface area contributed by atoms with E-state index in [-0.39, 0.29) is 22.6 Å². The molecule has 20 heavy (non-hydrogen) atoms. The van der Waals surface area contributed by atoms with E-state index in [0.717, 1.165) is 10.7 Å². The lowest BCUT2D eigenvalue weighted by Crippen LogP contribution is -2.11. The average Bonchev–Trinajstić information content (AvgIpc) is 2.41. The first-order valence-electron chi connectivity index (χ1n) is 5.12. The van der Waals surface area contributed by atoms with Gasteiger partial charge in [-0.25, -0.2) is 10.8 Å². The van der Waals surface area contributed by atoms with Gasteiger partial charge >= 0.3 is 11.6 Å². The second kappa shape index (κ2) is 5.99. The summed E-state index contributed by atoms with van der Waals surface area (Å²) in [6, 6.07) is 4.82. The van der Waals surface area contributed by atoms with Crippen LogP contribution in [0, 0.1) is 10.1 Å². The lowest BCUT2D eigenvalue weighted by atomic mass is 10.3. The highest BCUT2D eigenvalue weighted by Crippen LogP contribution is 2.34. The molecule has 3 N–H and O–H groups in total. The molecule has 1 aromatic heterocycles. The van der Waals surface area contributed by atoms with Crippen LogP contribution >= 0.6 is 27.5 Å². The van der Waals surface area contributed by atoms with Crippen molar-refractivity contribution in [2.24, 2.45) is 5.84 Å². The summed E-state index contributed by atoms with van der Waals surface area (Å²) >= 11 is 9.22. The minimum Gasteiger partial charge on any atom is -0.432 e. The second-order valence-corrected chi connectivity index (χ2v) is 4.79. The Hall–Kier alpha value is -1.97. The van der Waals surface area contributed by atoms with E-state index in [4.69, 9.17) is 22.2 Å². The van der Waals surface area contributed by atoms with Crippen LogP contribution in [0.3, 0.4) is 0 Å². The van der Waals surface area contributed by atoms with E-state index in [2.05, 4.69) is 31.3 Å². The molecular weight excluding hydrogens is 353 g/mol. The number of ether oxygens (including phenoxy) is 1. The van der Waals surface area contributed by atoms with Crippen molar-refractivity contribution < 1.29 is 9.66 Å². The van der Waals surface area contributed by atoms with Crippen LogP contribution in [0.25, 0.3) is 0 Å². The molecule has 1 heterocycles. The molecule has 0 spiro atoms. The molecule has 0 aliphatic heterocycles. The first-order valence-corrected chi connectivity index (χ1v) is 6.29. The fraction of sp³-hybridized carbons (Fsp3) is 0. The Morgan fingerprint density at radius 2 is 2.25 bits per heavy atom. The van der Waals surface area contributed by atoms with Crippen molar-refractivity contribution in [1.29, 1.82) is 0 Å². The summed E-state index contributed by atoms with van der Waals surface area (Å²) in [5.74, 6) is 5.10. The predicted octanol–water partition coefficient (Wildman–Crippen LogP) is 2.88. The first kappa shape index (κ1) is 14.4. The number of nitrogens with zero attached hydrogens (tertiary/aromatic N) is 3. The minimum absolute atomic E-state index is 0.0150. The van der Waals surface area contributed by atoms with Crippen molar-refractivity contribution in [1.82, 2.24) is 9.97 Å². The van der Waals surface area contributed by atoms with Crippen molar-refractivity contribution in [3.63, 3.8) is 0 Å². The largest absolute Gasteiger partial charge is 0.432 e. The third-order valence-corrected chi connectivity index (χ3v) is 2.95. The summed E-state index contributed by atoms with van der Waals surface area (Å²) in [5, 5.41) is 11.2. The third kappa shape index (κ3) is 3.13. The zero-order valence-electron chi connectivity index (χ0n) is 9.71. The minimum atomic E-state index is -0.664. The van der Waals surface area contributed by atoms with Gasteiger partial charge in [-0.15, -0.1) is 0 Å². The number of benzene rings is 1. The van der Waals surface area contributed by atoms with E-state index < -0.39 is 10.6 Å². The maximum absolute atomic E-state index is 10.9. The zero-order valence-corrected chi connectivity index (χ0v) is 12.1. The van der Waals surface area contributed by atoms with Crippen LogP contribution < -0.4 is 16.0 Å². The van der Waals surface area contributed by atoms with Crippen LogP contribution in [0.15, 0.2) is 28.9 Å². The molecule has 0 saturated carbocycles. The van der Waals surface area contributed by atoms with Gasteiger partial charge in [-0.3, -0.25) is 15.5 Å². The van der Waals surface area contributed by atoms with Crippen LogP contribution in [0.1, 0.15) is 0 Å². The van der Waals surface area contributed by atoms with Crippen LogP contribution in [0.4, 0.5) is 11.6 Å². The van der Waals surface area contributed by atoms with Crippen molar-refractivity contribution in [2.75, 3.05) is 5.43 Å². The van der Waals surface area contributed by atoms with Crippen LogP contribution in [0.2, 0.25) is 5.02 Å². The van der Waals surface area contributed by atoms with Gasteiger partial charge in [0.25, 0.3) is 0 Å². The normalized spacial score (nSPS) is 10.2. The van der Waals surface area contributed by atoms with E-state index >= 15 is 0 Å². The first-order chi connectivity index (χ1) is 9.51. The highest BCUT2D eigenvalue weighted by molar-refractivity contribution is 9.10. The number of hydrogen-bond donors (Lipinski definition) is 2. The highest BCUT2D eigenvalue weighted by atomic mass is 79.9. The van der Waals surface area contributed by atoms with E-state index in [1.807, 2.05) is 0 Å². The van der Waals surface area contributed by atoms with E-state index in [1.165, 1.54) is 0 Å². The molecule has 2 rings (SSSR count). The summed E-state index contributed by atoms with van der Waals surface area (Å²) in [6.45, 7) is 0. The van der Waals surface area contributed by atoms with E-state index in [0.29, 0.717) is 0 Å². The number of nitro groups is 1. The lowest BCUT2D eigenvalue weighted by molar-refractivity contribution is -0.386. The fourth-order valence-electron chi connectivity index (χ4n) is 1.29. The molecule has 0 fully saturated rings. The molecular formula is C10H7BrClN5O3. The molecule has 10 heteroatoms. The summed E-state index contributed by atoms with van der Waals surface area (Å²) in [5.41, 5.74) is 1.78. The summed E-state index contributed by atoms with van der Waals surface area (Å²) in [4.78, 5) is 17.7. The molecule has 0 aliphatic carbocycles. The molecule has 0 atom stereocenters. The Morgan fingerprint density at radius 1 is 1.50 bits per heavy atom. The van der Waals surface area contributed by atoms with Gasteiger partial charge in [-0.05, 0) is 18.2 Å². The maximum atomic E-state index is 10.9. The van der Waals surface area contributed by atoms with Crippen molar-refractivity contribution in [3.8, 4) is 11.6 Å². The van der Waals surface area contributed by atoms with Gasteiger partial charge in [-0.1, -0.05) is 27.5 Å². The van der Waals surface area contributed by atoms with E-state index in [1.54, 1.807) is 18.2 Å². The number of hydrogen-bond acceptors (Lipinski definition) is 7. The van der Waals surface area contributed by atoms with Crippen molar-refractivity contribution in [2.45, 2.75) is 0 Å². The van der Waals surface area contributed by atoms with Gasteiger partial charge in [-0.2, -0.15) is 4.98 Å². The molecule has 0 unspecified atom stereocenters. The quantitative estimate of drug-likeness (QED) is 0.489. The summed E-state index contributed by atoms with van der Waals surface area (Å²) in [6.07, 6.45) is 0.990. The smallest absolute Gasteiger partial charge is 0.349 e. The third-order valence-electron chi connectivity index (χ3n) is 2.16. The molecule has 8 nitrogen and oxygen atoms in total. The van der Waals surface area contributed by atoms with Crippen molar-refractivity contribution in [3.05, 3.63) is 44.0 Å². The van der Waals surface area contributed by atoms with Crippen molar-refractivity contribution >= 4 is 39.2 Å². The molecule has 0 amide bonds. The van der Waals surface area contributed by atoms with Crippen LogP contribution in [0.5, 0.6) is 11.6 Å². The maximum Gasteiger partial charge on any atom is 0.349 e. The number of nitrogen functional groups attached to an aromatic ring is 1. The molecule has 0 radical (unpaired) electrons. The van der Waals surface area contributed by atoms with Crippen LogP contribution in [-0.4, -0.2) is 14.9 Å². The van der Waals surface area contributed by atoms with Gasteiger partial charge in [0.2, 0.25) is 5.95 Å². The number of rotatable bonds is 4. The summed E-state index contributed by atoms with van der Waals surface area (Å²) < 4.78 is 6.10. The Morgan fingerprint density at radius 3 is 2.85 bits per heavy atom. The molecule has 104 valence electrons. The Kier molecular flexibility index (Phi) is 4.32. The van der Waals surface area contributed by atoms with Gasteiger partial charge in [0.1, 0.15) is 11.9 Å². The van der Waals surface area contributed by atoms with Gasteiger partial charge in [0, 0.05) is 4.47 Å². The Bertz CT molecular complexity index is 669. The number of aromatic nitrogens is 2. The number of hydrazine groups is 1. The van der Waals surface area contributed by atoms with Gasteiger partial charge < -0.3 is 4.74 Å². The van der Waals surface area contributed by atoms with Crippen LogP contribution in [-0.2, 0) is 0 Å². The van der Waals surface area contributed by atoms with E-state index in [9.17, 15) is 10.1 Å². The second-order valence-electron chi connectivity index (χ2n) is 3.46. The summed E-state index contributed by atoms with van der Waals surface area (Å²) in [7, 11) is 0. The zero-order chi connectivity index (χ0) is 14.7. The number of anilines is 1. The highest BCUT2D eigenvalue weighted by Gasteiger charge is 2.20. The molecule has 0 bridgehead atoms. The van der Waals surface area contributed by atoms with Gasteiger partial charge in [0.05, 0.1) is 9.95 Å². The lowest BCUT2D eigenvalue weighted by Gasteiger charge is -2.08. The number of nitrogens with one attached hydrogen (secondary N) is 1. The molecule has 0 aliphatic rings.